The van der Waals surface area contributed by atoms with Gasteiger partial charge in [0.15, 0.2) is 11.6 Å². The maximum Gasteiger partial charge on any atom is 0.233 e. The number of methoxy groups -OCH3 is 2. The van der Waals surface area contributed by atoms with Crippen LogP contribution in [0.15, 0.2) is 18.2 Å². The van der Waals surface area contributed by atoms with Crippen LogP contribution in [-0.4, -0.2) is 119 Å². The van der Waals surface area contributed by atoms with Crippen molar-refractivity contribution in [2.24, 2.45) is 0 Å². The Morgan fingerprint density at radius 1 is 0.761 bits per heavy atom. The van der Waals surface area contributed by atoms with E-state index in [1.54, 1.807) is 19.2 Å². The van der Waals surface area contributed by atoms with E-state index in [4.69, 9.17) is 33.4 Å². The van der Waals surface area contributed by atoms with E-state index in [1.165, 1.54) is 38.9 Å². The zero-order valence-corrected chi connectivity index (χ0v) is 27.4. The van der Waals surface area contributed by atoms with Crippen LogP contribution in [0, 0.1) is 5.82 Å². The first-order chi connectivity index (χ1) is 22.6. The number of nitrogens with one attached hydrogen (secondary N) is 3. The van der Waals surface area contributed by atoms with Crippen LogP contribution in [0.4, 0.5) is 27.9 Å². The third-order valence-electron chi connectivity index (χ3n) is 8.03. The topological polar surface area (TPSA) is 133 Å². The van der Waals surface area contributed by atoms with E-state index >= 15 is 0 Å². The Balaban J connectivity index is 1.22. The van der Waals surface area contributed by atoms with Crippen LogP contribution in [0.2, 0.25) is 0 Å². The molecule has 0 bridgehead atoms. The minimum absolute atomic E-state index is 0.179. The van der Waals surface area contributed by atoms with E-state index in [-0.39, 0.29) is 11.8 Å². The Morgan fingerprint density at radius 3 is 2.09 bits per heavy atom. The summed E-state index contributed by atoms with van der Waals surface area (Å²) >= 11 is 0. The molecule has 258 valence electrons. The molecule has 1 aliphatic carbocycles. The van der Waals surface area contributed by atoms with Crippen molar-refractivity contribution in [2.45, 2.75) is 63.5 Å². The van der Waals surface area contributed by atoms with Crippen molar-refractivity contribution >= 4 is 23.5 Å². The molecule has 13 nitrogen and oxygen atoms in total. The lowest BCUT2D eigenvalue weighted by Crippen LogP contribution is -2.37. The van der Waals surface area contributed by atoms with Gasteiger partial charge in [0.2, 0.25) is 17.8 Å². The molecule has 4 rings (SSSR count). The van der Waals surface area contributed by atoms with E-state index in [9.17, 15) is 4.39 Å². The quantitative estimate of drug-likeness (QED) is 0.123. The molecule has 3 N–H and O–H groups in total. The summed E-state index contributed by atoms with van der Waals surface area (Å²) in [5.74, 6) is 1.03. The molecule has 0 spiro atoms. The van der Waals surface area contributed by atoms with E-state index in [0.717, 1.165) is 32.2 Å². The zero-order valence-electron chi connectivity index (χ0n) is 27.4. The predicted octanol–water partition coefficient (Wildman–Crippen LogP) is 4.44. The summed E-state index contributed by atoms with van der Waals surface area (Å²) in [6.07, 6.45) is 9.21. The number of rotatable bonds is 22. The van der Waals surface area contributed by atoms with Crippen LogP contribution in [-0.2, 0) is 23.7 Å². The van der Waals surface area contributed by atoms with Gasteiger partial charge < -0.3 is 44.4 Å². The number of anilines is 4. The van der Waals surface area contributed by atoms with Gasteiger partial charge in [-0.15, -0.1) is 0 Å². The van der Waals surface area contributed by atoms with Crippen LogP contribution < -0.4 is 20.7 Å². The summed E-state index contributed by atoms with van der Waals surface area (Å²) in [5.41, 5.74) is 0.523. The van der Waals surface area contributed by atoms with Gasteiger partial charge in [0.1, 0.15) is 0 Å². The van der Waals surface area contributed by atoms with E-state index in [1.807, 2.05) is 0 Å². The second-order valence-corrected chi connectivity index (χ2v) is 11.5. The standard InChI is InChI=1S/C32H52FN7O6/c1-41-14-15-43-16-17-44-18-19-45-20-21-46-24-40-13-7-10-27(40)23-34-30-37-31(35-25-8-5-3-4-6-9-25)39-32(38-30)36-26-11-12-29(42-2)28(33)22-26/h11-12,22,25,27H,3-10,13-21,23-24H2,1-2H3,(H3,34,35,36,37,38,39). The Kier molecular flexibility index (Phi) is 16.5. The van der Waals surface area contributed by atoms with Crippen LogP contribution >= 0.6 is 0 Å². The number of likely N-dealkylation sites (tertiary alicyclic amines) is 1. The largest absolute Gasteiger partial charge is 0.494 e. The molecule has 1 unspecified atom stereocenters. The average Bonchev–Trinajstić information content (AvgIpc) is 3.35. The van der Waals surface area contributed by atoms with Gasteiger partial charge >= 0.3 is 0 Å². The smallest absolute Gasteiger partial charge is 0.233 e. The number of hydrogen-bond donors (Lipinski definition) is 3. The molecular weight excluding hydrogens is 597 g/mol. The van der Waals surface area contributed by atoms with Crippen molar-refractivity contribution in [1.29, 1.82) is 0 Å². The molecule has 46 heavy (non-hydrogen) atoms. The minimum Gasteiger partial charge on any atom is -0.494 e. The fourth-order valence-corrected chi connectivity index (χ4v) is 5.54. The molecule has 2 heterocycles. The highest BCUT2D eigenvalue weighted by molar-refractivity contribution is 5.57. The summed E-state index contributed by atoms with van der Waals surface area (Å²) in [4.78, 5) is 16.3. The molecule has 1 atom stereocenters. The lowest BCUT2D eigenvalue weighted by atomic mass is 10.1. The van der Waals surface area contributed by atoms with Crippen molar-refractivity contribution in [3.8, 4) is 5.75 Å². The highest BCUT2D eigenvalue weighted by atomic mass is 19.1. The maximum atomic E-state index is 14.4. The molecule has 2 aliphatic rings. The fourth-order valence-electron chi connectivity index (χ4n) is 5.54. The van der Waals surface area contributed by atoms with Gasteiger partial charge in [-0.05, 0) is 37.8 Å². The summed E-state index contributed by atoms with van der Waals surface area (Å²) in [6, 6.07) is 5.27. The second-order valence-electron chi connectivity index (χ2n) is 11.5. The first-order valence-electron chi connectivity index (χ1n) is 16.6. The van der Waals surface area contributed by atoms with Gasteiger partial charge in [-0.25, -0.2) is 4.39 Å². The maximum absolute atomic E-state index is 14.4. The first kappa shape index (κ1) is 36.0. The SMILES string of the molecule is COCCOCCOCCOCCOCN1CCCC1CNc1nc(Nc2ccc(OC)c(F)c2)nc(NC2CCCCCC2)n1. The normalized spacial score (nSPS) is 17.6. The van der Waals surface area contributed by atoms with Crippen LogP contribution in [0.3, 0.4) is 0 Å². The number of hydrogen-bond acceptors (Lipinski definition) is 13. The third-order valence-corrected chi connectivity index (χ3v) is 8.03. The number of aromatic nitrogens is 3. The predicted molar refractivity (Wildman–Crippen MR) is 175 cm³/mol. The molecule has 1 saturated heterocycles. The van der Waals surface area contributed by atoms with Gasteiger partial charge in [0.25, 0.3) is 0 Å². The van der Waals surface area contributed by atoms with Crippen molar-refractivity contribution < 1.29 is 32.8 Å². The Morgan fingerprint density at radius 2 is 1.41 bits per heavy atom. The molecule has 2 fully saturated rings. The summed E-state index contributed by atoms with van der Waals surface area (Å²) < 4.78 is 46.7. The summed E-state index contributed by atoms with van der Waals surface area (Å²) in [6.45, 7) is 6.49. The fraction of sp³-hybridized carbons (Fsp3) is 0.719. The molecule has 0 radical (unpaired) electrons. The van der Waals surface area contributed by atoms with Crippen molar-refractivity contribution in [1.82, 2.24) is 19.9 Å². The van der Waals surface area contributed by atoms with Crippen LogP contribution in [0.1, 0.15) is 51.4 Å². The number of ether oxygens (including phenoxy) is 6. The summed E-state index contributed by atoms with van der Waals surface area (Å²) in [7, 11) is 3.09. The van der Waals surface area contributed by atoms with Gasteiger partial charge in [0, 0.05) is 44.0 Å². The van der Waals surface area contributed by atoms with Crippen LogP contribution in [0.5, 0.6) is 5.75 Å². The summed E-state index contributed by atoms with van der Waals surface area (Å²) in [5, 5.41) is 10.1. The molecule has 14 heteroatoms. The van der Waals surface area contributed by atoms with Crippen molar-refractivity contribution in [2.75, 3.05) is 103 Å². The van der Waals surface area contributed by atoms with Crippen molar-refractivity contribution in [3.63, 3.8) is 0 Å². The van der Waals surface area contributed by atoms with Crippen molar-refractivity contribution in [3.05, 3.63) is 24.0 Å². The van der Waals surface area contributed by atoms with Gasteiger partial charge in [0.05, 0.1) is 66.7 Å². The zero-order chi connectivity index (χ0) is 32.2. The highest BCUT2D eigenvalue weighted by Gasteiger charge is 2.25. The second kappa shape index (κ2) is 21.1. The molecular formula is C32H52FN7O6. The molecule has 2 aromatic rings. The van der Waals surface area contributed by atoms with Gasteiger partial charge in [-0.2, -0.15) is 15.0 Å². The van der Waals surface area contributed by atoms with E-state index < -0.39 is 5.82 Å². The minimum atomic E-state index is -0.462. The van der Waals surface area contributed by atoms with E-state index in [2.05, 4.69) is 30.8 Å². The van der Waals surface area contributed by atoms with Crippen LogP contribution in [0.25, 0.3) is 0 Å². The lowest BCUT2D eigenvalue weighted by Gasteiger charge is -2.24. The Bertz CT molecular complexity index is 1130. The molecule has 0 amide bonds. The number of halogens is 1. The van der Waals surface area contributed by atoms with E-state index in [0.29, 0.717) is 95.7 Å². The average molecular weight is 650 g/mol. The monoisotopic (exact) mass is 649 g/mol. The Hall–Kier alpha value is -2.88. The highest BCUT2D eigenvalue weighted by Crippen LogP contribution is 2.25. The Labute approximate surface area is 272 Å². The molecule has 1 aliphatic heterocycles. The molecule has 1 saturated carbocycles. The van der Waals surface area contributed by atoms with Gasteiger partial charge in [-0.3, -0.25) is 4.90 Å². The molecule has 1 aromatic heterocycles. The lowest BCUT2D eigenvalue weighted by molar-refractivity contribution is -0.0267. The first-order valence-corrected chi connectivity index (χ1v) is 16.6. The number of benzene rings is 1. The number of nitrogens with zero attached hydrogens (tertiary/aromatic N) is 4. The molecule has 1 aromatic carbocycles. The van der Waals surface area contributed by atoms with Gasteiger partial charge in [-0.1, -0.05) is 25.7 Å². The third kappa shape index (κ3) is 13.1.